The number of anilines is 2. The van der Waals surface area contributed by atoms with E-state index in [0.29, 0.717) is 16.0 Å². The fourth-order valence-electron chi connectivity index (χ4n) is 3.14. The van der Waals surface area contributed by atoms with Crippen molar-refractivity contribution in [2.45, 2.75) is 0 Å². The van der Waals surface area contributed by atoms with Gasteiger partial charge in [0.1, 0.15) is 18.6 Å². The SMILES string of the molecule is Cn1ccc2cc(-c3ccc(Nc4nc(Cl)ncc4Br)c(P(C)(C)=O)c3)cnc21. The number of aryl methyl sites for hydroxylation is 1. The van der Waals surface area contributed by atoms with Crippen LogP contribution < -0.4 is 10.6 Å². The van der Waals surface area contributed by atoms with Gasteiger partial charge in [-0.2, -0.15) is 4.98 Å². The first-order valence-corrected chi connectivity index (χ1v) is 12.6. The maximum atomic E-state index is 13.0. The molecular weight excluding hydrogens is 473 g/mol. The molecule has 4 rings (SSSR count). The van der Waals surface area contributed by atoms with E-state index in [1.165, 1.54) is 0 Å². The van der Waals surface area contributed by atoms with Crippen LogP contribution >= 0.6 is 34.7 Å². The number of pyridine rings is 1. The van der Waals surface area contributed by atoms with Gasteiger partial charge in [-0.15, -0.1) is 0 Å². The Hall–Kier alpha value is -2.21. The molecule has 0 bridgehead atoms. The lowest BCUT2D eigenvalue weighted by atomic mass is 10.1. The molecule has 9 heteroatoms. The van der Waals surface area contributed by atoms with Crippen molar-refractivity contribution in [2.24, 2.45) is 7.05 Å². The summed E-state index contributed by atoms with van der Waals surface area (Å²) in [5.41, 5.74) is 3.56. The van der Waals surface area contributed by atoms with Gasteiger partial charge in [0, 0.05) is 41.9 Å². The Balaban J connectivity index is 1.79. The number of nitrogens with zero attached hydrogens (tertiary/aromatic N) is 4. The van der Waals surface area contributed by atoms with E-state index in [-0.39, 0.29) is 5.28 Å². The van der Waals surface area contributed by atoms with Crippen molar-refractivity contribution in [3.05, 3.63) is 58.7 Å². The van der Waals surface area contributed by atoms with E-state index in [1.807, 2.05) is 48.3 Å². The molecule has 6 nitrogen and oxygen atoms in total. The zero-order valence-corrected chi connectivity index (χ0v) is 19.3. The lowest BCUT2D eigenvalue weighted by Crippen LogP contribution is -2.11. The van der Waals surface area contributed by atoms with Crippen molar-refractivity contribution < 1.29 is 4.57 Å². The minimum atomic E-state index is -2.59. The van der Waals surface area contributed by atoms with Crippen LogP contribution in [0.1, 0.15) is 0 Å². The summed E-state index contributed by atoms with van der Waals surface area (Å²) in [6.07, 6.45) is 5.40. The number of fused-ring (bicyclic) bond motifs is 1. The average Bonchev–Trinajstić information content (AvgIpc) is 3.04. The van der Waals surface area contributed by atoms with E-state index in [1.54, 1.807) is 19.5 Å². The number of hydrogen-bond acceptors (Lipinski definition) is 5. The van der Waals surface area contributed by atoms with E-state index in [0.717, 1.165) is 27.5 Å². The van der Waals surface area contributed by atoms with Crippen molar-refractivity contribution in [1.29, 1.82) is 0 Å². The Bertz CT molecular complexity index is 1280. The summed E-state index contributed by atoms with van der Waals surface area (Å²) in [5, 5.41) is 5.14. The Morgan fingerprint density at radius 3 is 2.66 bits per heavy atom. The van der Waals surface area contributed by atoms with Gasteiger partial charge < -0.3 is 14.4 Å². The van der Waals surface area contributed by atoms with Gasteiger partial charge in [0.15, 0.2) is 0 Å². The van der Waals surface area contributed by atoms with E-state index >= 15 is 0 Å². The van der Waals surface area contributed by atoms with Crippen LogP contribution in [0.5, 0.6) is 0 Å². The summed E-state index contributed by atoms with van der Waals surface area (Å²) in [6.45, 7) is 3.50. The fraction of sp³-hybridized carbons (Fsp3) is 0.150. The van der Waals surface area contributed by atoms with Gasteiger partial charge in [-0.05, 0) is 70.7 Å². The molecule has 1 aromatic carbocycles. The summed E-state index contributed by atoms with van der Waals surface area (Å²) in [4.78, 5) is 12.7. The Morgan fingerprint density at radius 2 is 1.90 bits per heavy atom. The van der Waals surface area contributed by atoms with Crippen LogP contribution in [0, 0.1) is 0 Å². The van der Waals surface area contributed by atoms with Crippen molar-refractivity contribution in [1.82, 2.24) is 19.5 Å². The fourth-order valence-corrected chi connectivity index (χ4v) is 4.72. The van der Waals surface area contributed by atoms with Gasteiger partial charge >= 0.3 is 0 Å². The molecule has 0 spiro atoms. The first-order chi connectivity index (χ1) is 13.7. The van der Waals surface area contributed by atoms with Crippen molar-refractivity contribution in [3.63, 3.8) is 0 Å². The monoisotopic (exact) mass is 489 g/mol. The van der Waals surface area contributed by atoms with Crippen LogP contribution in [0.25, 0.3) is 22.2 Å². The minimum Gasteiger partial charge on any atom is -0.339 e. The number of nitrogens with one attached hydrogen (secondary N) is 1. The lowest BCUT2D eigenvalue weighted by Gasteiger charge is -2.17. The molecule has 0 aliphatic carbocycles. The standard InChI is InChI=1S/C20H18BrClN5OP/c1-27-7-6-13-8-14(10-23-19(13)27)12-4-5-16(17(9-12)29(2,3)28)25-18-15(21)11-24-20(22)26-18/h4-11H,1-3H3,(H,24,25,26). The molecule has 29 heavy (non-hydrogen) atoms. The highest BCUT2D eigenvalue weighted by Crippen LogP contribution is 2.40. The highest BCUT2D eigenvalue weighted by molar-refractivity contribution is 9.10. The van der Waals surface area contributed by atoms with Gasteiger partial charge in [-0.1, -0.05) is 6.07 Å². The van der Waals surface area contributed by atoms with Crippen LogP contribution in [-0.2, 0) is 11.6 Å². The quantitative estimate of drug-likeness (QED) is 0.305. The molecule has 0 saturated heterocycles. The summed E-state index contributed by atoms with van der Waals surface area (Å²) >= 11 is 9.33. The highest BCUT2D eigenvalue weighted by atomic mass is 79.9. The van der Waals surface area contributed by atoms with Crippen LogP contribution in [0.4, 0.5) is 11.5 Å². The Morgan fingerprint density at radius 1 is 1.10 bits per heavy atom. The van der Waals surface area contributed by atoms with E-state index in [9.17, 15) is 4.57 Å². The number of aromatic nitrogens is 4. The van der Waals surface area contributed by atoms with Gasteiger partial charge in [-0.25, -0.2) is 9.97 Å². The second kappa shape index (κ2) is 7.56. The van der Waals surface area contributed by atoms with Gasteiger partial charge in [0.25, 0.3) is 0 Å². The minimum absolute atomic E-state index is 0.132. The molecule has 0 saturated carbocycles. The van der Waals surface area contributed by atoms with Gasteiger partial charge in [-0.3, -0.25) is 0 Å². The molecule has 148 valence electrons. The van der Waals surface area contributed by atoms with E-state index in [2.05, 4.69) is 42.3 Å². The molecule has 0 aliphatic rings. The molecule has 0 aliphatic heterocycles. The molecule has 4 aromatic rings. The second-order valence-electron chi connectivity index (χ2n) is 7.11. The van der Waals surface area contributed by atoms with Crippen LogP contribution in [0.3, 0.4) is 0 Å². The third-order valence-corrected chi connectivity index (χ3v) is 6.88. The Kier molecular flexibility index (Phi) is 5.23. The van der Waals surface area contributed by atoms with E-state index < -0.39 is 7.14 Å². The Labute approximate surface area is 181 Å². The molecule has 0 radical (unpaired) electrons. The summed E-state index contributed by atoms with van der Waals surface area (Å²) in [7, 11) is -0.622. The van der Waals surface area contributed by atoms with Crippen molar-refractivity contribution in [2.75, 3.05) is 18.6 Å². The predicted molar refractivity (Wildman–Crippen MR) is 123 cm³/mol. The zero-order valence-electron chi connectivity index (χ0n) is 16.0. The second-order valence-corrected chi connectivity index (χ2v) is 11.5. The number of halogens is 2. The third kappa shape index (κ3) is 4.08. The van der Waals surface area contributed by atoms with Crippen LogP contribution in [-0.4, -0.2) is 32.8 Å². The molecule has 1 N–H and O–H groups in total. The largest absolute Gasteiger partial charge is 0.339 e. The van der Waals surface area contributed by atoms with Gasteiger partial charge in [0.05, 0.1) is 10.2 Å². The summed E-state index contributed by atoms with van der Waals surface area (Å²) in [5.74, 6) is 0.514. The number of hydrogen-bond donors (Lipinski definition) is 1. The van der Waals surface area contributed by atoms with Crippen molar-refractivity contribution in [3.8, 4) is 11.1 Å². The van der Waals surface area contributed by atoms with Crippen LogP contribution in [0.2, 0.25) is 5.28 Å². The first kappa shape index (κ1) is 20.1. The average molecular weight is 491 g/mol. The van der Waals surface area contributed by atoms with E-state index in [4.69, 9.17) is 11.6 Å². The number of rotatable bonds is 4. The zero-order chi connectivity index (χ0) is 20.8. The first-order valence-electron chi connectivity index (χ1n) is 8.78. The number of benzene rings is 1. The lowest BCUT2D eigenvalue weighted by molar-refractivity contribution is 0.588. The normalized spacial score (nSPS) is 11.8. The molecule has 0 fully saturated rings. The van der Waals surface area contributed by atoms with Crippen molar-refractivity contribution >= 4 is 62.5 Å². The van der Waals surface area contributed by atoms with Gasteiger partial charge in [0.2, 0.25) is 5.28 Å². The predicted octanol–water partition coefficient (Wildman–Crippen LogP) is 5.44. The highest BCUT2D eigenvalue weighted by Gasteiger charge is 2.19. The van der Waals surface area contributed by atoms with Crippen LogP contribution in [0.15, 0.2) is 53.4 Å². The topological polar surface area (TPSA) is 72.7 Å². The summed E-state index contributed by atoms with van der Waals surface area (Å²) in [6, 6.07) is 9.95. The maximum Gasteiger partial charge on any atom is 0.224 e. The maximum absolute atomic E-state index is 13.0. The molecule has 0 unspecified atom stereocenters. The molecule has 0 amide bonds. The molecular formula is C20H18BrClN5OP. The summed E-state index contributed by atoms with van der Waals surface area (Å²) < 4.78 is 15.7. The third-order valence-electron chi connectivity index (χ3n) is 4.59. The molecule has 3 aromatic heterocycles. The molecule has 0 atom stereocenters. The smallest absolute Gasteiger partial charge is 0.224 e. The molecule has 3 heterocycles.